The number of thioether (sulfide) groups is 1. The van der Waals surface area contributed by atoms with Gasteiger partial charge in [0.25, 0.3) is 11.6 Å². The molecule has 0 aliphatic heterocycles. The van der Waals surface area contributed by atoms with Gasteiger partial charge in [0.15, 0.2) is 11.0 Å². The summed E-state index contributed by atoms with van der Waals surface area (Å²) >= 11 is 1.04. The predicted molar refractivity (Wildman–Crippen MR) is 126 cm³/mol. The second-order valence-corrected chi connectivity index (χ2v) is 8.00. The fraction of sp³-hybridized carbons (Fsp3) is 0.0435. The number of hydrogen-bond acceptors (Lipinski definition) is 7. The van der Waals surface area contributed by atoms with Crippen LogP contribution in [0.2, 0.25) is 0 Å². The van der Waals surface area contributed by atoms with Crippen molar-refractivity contribution in [2.75, 3.05) is 5.75 Å². The molecule has 2 N–H and O–H groups in total. The van der Waals surface area contributed by atoms with Gasteiger partial charge >= 0.3 is 0 Å². The molecule has 12 heteroatoms. The van der Waals surface area contributed by atoms with E-state index in [1.54, 1.807) is 34.9 Å². The second kappa shape index (κ2) is 10.6. The minimum absolute atomic E-state index is 0.0190. The molecule has 1 aromatic heterocycles. The summed E-state index contributed by atoms with van der Waals surface area (Å²) in [7, 11) is 0. The number of benzene rings is 3. The predicted octanol–water partition coefficient (Wildman–Crippen LogP) is 3.53. The Balaban J connectivity index is 1.46. The molecular weight excluding hydrogens is 475 g/mol. The molecule has 35 heavy (non-hydrogen) atoms. The molecule has 4 aromatic rings. The summed E-state index contributed by atoms with van der Waals surface area (Å²) in [5, 5.41) is 19.5. The number of non-ortho nitro benzene ring substituents is 1. The van der Waals surface area contributed by atoms with E-state index in [2.05, 4.69) is 21.0 Å². The number of para-hydroxylation sites is 1. The van der Waals surface area contributed by atoms with Gasteiger partial charge in [0.2, 0.25) is 5.91 Å². The topological polar surface area (TPSA) is 132 Å². The van der Waals surface area contributed by atoms with Gasteiger partial charge in [0, 0.05) is 23.4 Å². The number of carbonyl (C=O) groups excluding carboxylic acids is 2. The zero-order chi connectivity index (χ0) is 24.8. The maximum atomic E-state index is 14.5. The van der Waals surface area contributed by atoms with E-state index in [4.69, 9.17) is 0 Å². The third kappa shape index (κ3) is 5.50. The van der Waals surface area contributed by atoms with E-state index >= 15 is 0 Å². The highest BCUT2D eigenvalue weighted by Crippen LogP contribution is 2.29. The summed E-state index contributed by atoms with van der Waals surface area (Å²) in [5.41, 5.74) is 5.19. The van der Waals surface area contributed by atoms with Crippen molar-refractivity contribution in [1.29, 1.82) is 0 Å². The Kier molecular flexibility index (Phi) is 7.12. The number of amides is 2. The molecule has 176 valence electrons. The van der Waals surface area contributed by atoms with Crippen molar-refractivity contribution in [3.05, 3.63) is 100 Å². The van der Waals surface area contributed by atoms with Crippen LogP contribution in [0.15, 0.2) is 84.0 Å². The lowest BCUT2D eigenvalue weighted by molar-refractivity contribution is -0.384. The number of aromatic nitrogens is 3. The van der Waals surface area contributed by atoms with Crippen LogP contribution < -0.4 is 10.9 Å². The van der Waals surface area contributed by atoms with Crippen LogP contribution in [-0.2, 0) is 4.79 Å². The zero-order valence-electron chi connectivity index (χ0n) is 17.9. The average molecular weight is 492 g/mol. The molecule has 3 aromatic carbocycles. The van der Waals surface area contributed by atoms with Gasteiger partial charge in [-0.2, -0.15) is 0 Å². The van der Waals surface area contributed by atoms with Crippen LogP contribution in [0.5, 0.6) is 0 Å². The monoisotopic (exact) mass is 492 g/mol. The molecule has 0 saturated heterocycles. The molecule has 4 rings (SSSR count). The van der Waals surface area contributed by atoms with Crippen LogP contribution in [0.3, 0.4) is 0 Å². The van der Waals surface area contributed by atoms with Crippen LogP contribution >= 0.6 is 11.8 Å². The molecule has 10 nitrogen and oxygen atoms in total. The fourth-order valence-electron chi connectivity index (χ4n) is 3.12. The largest absolute Gasteiger partial charge is 0.272 e. The number of nitro benzene ring substituents is 1. The molecule has 0 unspecified atom stereocenters. The van der Waals surface area contributed by atoms with E-state index < -0.39 is 22.6 Å². The van der Waals surface area contributed by atoms with Gasteiger partial charge in [0.1, 0.15) is 5.82 Å². The molecule has 0 radical (unpaired) electrons. The average Bonchev–Trinajstić information content (AvgIpc) is 3.30. The Hall–Kier alpha value is -4.58. The molecular formula is C23H17FN6O4S. The second-order valence-electron chi connectivity index (χ2n) is 7.06. The lowest BCUT2D eigenvalue weighted by Gasteiger charge is -2.11. The van der Waals surface area contributed by atoms with E-state index in [-0.39, 0.29) is 28.4 Å². The summed E-state index contributed by atoms with van der Waals surface area (Å²) in [6, 6.07) is 20.3. The Labute approximate surface area is 202 Å². The summed E-state index contributed by atoms with van der Waals surface area (Å²) in [6.07, 6.45) is 0. The van der Waals surface area contributed by atoms with Crippen LogP contribution in [0.4, 0.5) is 10.1 Å². The molecule has 0 bridgehead atoms. The Bertz CT molecular complexity index is 1400. The van der Waals surface area contributed by atoms with Crippen LogP contribution in [0.25, 0.3) is 17.1 Å². The molecule has 2 amide bonds. The molecule has 1 heterocycles. The van der Waals surface area contributed by atoms with E-state index in [1.807, 2.05) is 18.2 Å². The molecule has 0 aliphatic rings. The minimum atomic E-state index is -0.707. The van der Waals surface area contributed by atoms with Crippen molar-refractivity contribution in [1.82, 2.24) is 25.6 Å². The molecule has 0 spiro atoms. The molecule has 0 fully saturated rings. The van der Waals surface area contributed by atoms with Gasteiger partial charge in [-0.3, -0.25) is 35.1 Å². The first-order chi connectivity index (χ1) is 16.9. The smallest absolute Gasteiger partial charge is 0.270 e. The van der Waals surface area contributed by atoms with Crippen molar-refractivity contribution in [3.63, 3.8) is 0 Å². The number of nitrogens with zero attached hydrogens (tertiary/aromatic N) is 4. The minimum Gasteiger partial charge on any atom is -0.272 e. The van der Waals surface area contributed by atoms with Gasteiger partial charge in [-0.05, 0) is 30.3 Å². The summed E-state index contributed by atoms with van der Waals surface area (Å²) in [5.74, 6) is -1.59. The molecule has 0 aliphatic carbocycles. The van der Waals surface area contributed by atoms with Crippen molar-refractivity contribution >= 4 is 29.3 Å². The lowest BCUT2D eigenvalue weighted by atomic mass is 10.2. The third-order valence-corrected chi connectivity index (χ3v) is 5.66. The highest BCUT2D eigenvalue weighted by molar-refractivity contribution is 7.99. The quantitative estimate of drug-likeness (QED) is 0.229. The van der Waals surface area contributed by atoms with E-state index in [1.165, 1.54) is 24.3 Å². The number of hydrazine groups is 1. The molecule has 0 atom stereocenters. The van der Waals surface area contributed by atoms with Crippen molar-refractivity contribution < 1.29 is 18.9 Å². The normalized spacial score (nSPS) is 10.5. The summed E-state index contributed by atoms with van der Waals surface area (Å²) in [4.78, 5) is 34.8. The highest BCUT2D eigenvalue weighted by Gasteiger charge is 2.19. The van der Waals surface area contributed by atoms with Gasteiger partial charge in [0.05, 0.1) is 16.2 Å². The Morgan fingerprint density at radius 3 is 2.46 bits per heavy atom. The number of carbonyl (C=O) groups is 2. The van der Waals surface area contributed by atoms with Crippen molar-refractivity contribution in [2.24, 2.45) is 0 Å². The zero-order valence-corrected chi connectivity index (χ0v) is 18.7. The van der Waals surface area contributed by atoms with Crippen LogP contribution in [0, 0.1) is 15.9 Å². The summed E-state index contributed by atoms with van der Waals surface area (Å²) < 4.78 is 16.1. The number of nitro groups is 1. The number of halogens is 1. The summed E-state index contributed by atoms with van der Waals surface area (Å²) in [6.45, 7) is 0. The first-order valence-electron chi connectivity index (χ1n) is 10.2. The molecule has 0 saturated carbocycles. The fourth-order valence-corrected chi connectivity index (χ4v) is 3.87. The SMILES string of the molecule is O=C(CSc1nnc(-c2ccccc2F)n1-c1ccccc1)NNC(=O)c1cccc([N+](=O)[O-])c1. The van der Waals surface area contributed by atoms with Crippen LogP contribution in [-0.4, -0.2) is 37.3 Å². The number of nitrogens with one attached hydrogen (secondary N) is 2. The number of hydrogen-bond donors (Lipinski definition) is 2. The Morgan fingerprint density at radius 2 is 1.71 bits per heavy atom. The highest BCUT2D eigenvalue weighted by atomic mass is 32.2. The maximum Gasteiger partial charge on any atom is 0.270 e. The van der Waals surface area contributed by atoms with Gasteiger partial charge < -0.3 is 0 Å². The van der Waals surface area contributed by atoms with E-state index in [9.17, 15) is 24.1 Å². The van der Waals surface area contributed by atoms with Crippen molar-refractivity contribution in [3.8, 4) is 17.1 Å². The Morgan fingerprint density at radius 1 is 0.971 bits per heavy atom. The van der Waals surface area contributed by atoms with Gasteiger partial charge in [-0.15, -0.1) is 10.2 Å². The van der Waals surface area contributed by atoms with Gasteiger partial charge in [-0.1, -0.05) is 48.2 Å². The lowest BCUT2D eigenvalue weighted by Crippen LogP contribution is -2.42. The maximum absolute atomic E-state index is 14.5. The van der Waals surface area contributed by atoms with E-state index in [0.717, 1.165) is 17.8 Å². The number of rotatable bonds is 7. The standard InChI is InChI=1S/C23H17FN6O4S/c24-19-12-5-4-11-18(19)21-26-28-23(29(21)16-8-2-1-3-9-16)35-14-20(31)25-27-22(32)15-7-6-10-17(13-15)30(33)34/h1-13H,14H2,(H,25,31)(H,27,32). The van der Waals surface area contributed by atoms with Gasteiger partial charge in [-0.25, -0.2) is 4.39 Å². The first-order valence-corrected chi connectivity index (χ1v) is 11.1. The third-order valence-electron chi connectivity index (χ3n) is 4.73. The van der Waals surface area contributed by atoms with E-state index in [0.29, 0.717) is 10.8 Å². The first kappa shape index (κ1) is 23.6. The van der Waals surface area contributed by atoms with Crippen molar-refractivity contribution in [2.45, 2.75) is 5.16 Å². The van der Waals surface area contributed by atoms with Crippen LogP contribution in [0.1, 0.15) is 10.4 Å².